The van der Waals surface area contributed by atoms with Gasteiger partial charge in [-0.05, 0) is 36.1 Å². The van der Waals surface area contributed by atoms with Crippen LogP contribution in [-0.2, 0) is 14.8 Å². The lowest BCUT2D eigenvalue weighted by atomic mass is 10.1. The van der Waals surface area contributed by atoms with E-state index in [1.165, 1.54) is 15.6 Å². The number of nitrogens with one attached hydrogen (secondary N) is 1. The van der Waals surface area contributed by atoms with Crippen molar-refractivity contribution in [2.24, 2.45) is 0 Å². The van der Waals surface area contributed by atoms with Crippen LogP contribution in [0, 0.1) is 0 Å². The summed E-state index contributed by atoms with van der Waals surface area (Å²) in [6.45, 7) is 3.99. The number of carbonyl (C=O) groups is 1. The number of carbonyl (C=O) groups excluding carboxylic acids is 1. The number of thiophene rings is 1. The summed E-state index contributed by atoms with van der Waals surface area (Å²) in [5.41, 5.74) is 0.947. The molecule has 0 spiro atoms. The van der Waals surface area contributed by atoms with Crippen molar-refractivity contribution in [3.8, 4) is 0 Å². The SMILES string of the molecule is C[C@@H](NC(=O)CN1CCN(S(=O)(=O)c2cccs2)CC1)c1cccc(Cl)c1. The Bertz CT molecular complexity index is 879. The van der Waals surface area contributed by atoms with Gasteiger partial charge in [-0.2, -0.15) is 4.31 Å². The molecule has 0 saturated carbocycles. The zero-order valence-corrected chi connectivity index (χ0v) is 17.4. The standard InChI is InChI=1S/C18H22ClN3O3S2/c1-14(15-4-2-5-16(19)12-15)20-17(23)13-21-7-9-22(10-8-21)27(24,25)18-6-3-11-26-18/h2-6,11-12,14H,7-10,13H2,1H3,(H,20,23)/t14-/m1/s1. The number of rotatable bonds is 6. The summed E-state index contributed by atoms with van der Waals surface area (Å²) in [6.07, 6.45) is 0. The van der Waals surface area contributed by atoms with Crippen molar-refractivity contribution in [2.45, 2.75) is 17.2 Å². The van der Waals surface area contributed by atoms with Gasteiger partial charge in [-0.15, -0.1) is 11.3 Å². The smallest absolute Gasteiger partial charge is 0.252 e. The van der Waals surface area contributed by atoms with E-state index in [1.807, 2.05) is 30.0 Å². The van der Waals surface area contributed by atoms with Crippen LogP contribution in [0.5, 0.6) is 0 Å². The van der Waals surface area contributed by atoms with Crippen molar-refractivity contribution < 1.29 is 13.2 Å². The Morgan fingerprint density at radius 2 is 1.96 bits per heavy atom. The first kappa shape index (κ1) is 20.3. The molecule has 0 aliphatic carbocycles. The summed E-state index contributed by atoms with van der Waals surface area (Å²) in [6, 6.07) is 10.6. The van der Waals surface area contributed by atoms with Crippen molar-refractivity contribution in [2.75, 3.05) is 32.7 Å². The second-order valence-electron chi connectivity index (χ2n) is 6.46. The highest BCUT2D eigenvalue weighted by atomic mass is 35.5. The van der Waals surface area contributed by atoms with Gasteiger partial charge in [-0.1, -0.05) is 29.8 Å². The van der Waals surface area contributed by atoms with Crippen LogP contribution in [0.25, 0.3) is 0 Å². The zero-order chi connectivity index (χ0) is 19.4. The Labute approximate surface area is 168 Å². The van der Waals surface area contributed by atoms with Crippen LogP contribution < -0.4 is 5.32 Å². The number of hydrogen-bond acceptors (Lipinski definition) is 5. The van der Waals surface area contributed by atoms with Crippen molar-refractivity contribution in [3.63, 3.8) is 0 Å². The predicted molar refractivity (Wildman–Crippen MR) is 108 cm³/mol. The number of sulfonamides is 1. The molecule has 2 heterocycles. The molecule has 2 aromatic rings. The van der Waals surface area contributed by atoms with Crippen LogP contribution in [0.4, 0.5) is 0 Å². The third kappa shape index (κ3) is 5.08. The highest BCUT2D eigenvalue weighted by Crippen LogP contribution is 2.22. The molecule has 1 aliphatic heterocycles. The van der Waals surface area contributed by atoms with Crippen LogP contribution in [0.2, 0.25) is 5.02 Å². The maximum atomic E-state index is 12.5. The van der Waals surface area contributed by atoms with Crippen LogP contribution in [0.15, 0.2) is 46.0 Å². The van der Waals surface area contributed by atoms with Crippen LogP contribution in [-0.4, -0.2) is 56.3 Å². The summed E-state index contributed by atoms with van der Waals surface area (Å²) in [4.78, 5) is 14.3. The van der Waals surface area contributed by atoms with Crippen molar-refractivity contribution in [1.29, 1.82) is 0 Å². The van der Waals surface area contributed by atoms with Gasteiger partial charge in [0.05, 0.1) is 12.6 Å². The van der Waals surface area contributed by atoms with E-state index in [4.69, 9.17) is 11.6 Å². The molecular formula is C18H22ClN3O3S2. The zero-order valence-electron chi connectivity index (χ0n) is 15.0. The quantitative estimate of drug-likeness (QED) is 0.769. The van der Waals surface area contributed by atoms with E-state index in [0.29, 0.717) is 35.4 Å². The molecule has 0 bridgehead atoms. The van der Waals surface area contributed by atoms with Gasteiger partial charge in [0.25, 0.3) is 10.0 Å². The van der Waals surface area contributed by atoms with Gasteiger partial charge in [-0.3, -0.25) is 9.69 Å². The van der Waals surface area contributed by atoms with Crippen molar-refractivity contribution in [1.82, 2.24) is 14.5 Å². The minimum Gasteiger partial charge on any atom is -0.348 e. The molecule has 146 valence electrons. The fraction of sp³-hybridized carbons (Fsp3) is 0.389. The molecule has 9 heteroatoms. The molecule has 1 N–H and O–H groups in total. The van der Waals surface area contributed by atoms with Gasteiger partial charge >= 0.3 is 0 Å². The Kier molecular flexibility index (Phi) is 6.54. The fourth-order valence-electron chi connectivity index (χ4n) is 3.01. The van der Waals surface area contributed by atoms with E-state index < -0.39 is 10.0 Å². The average molecular weight is 428 g/mol. The largest absolute Gasteiger partial charge is 0.348 e. The van der Waals surface area contributed by atoms with Gasteiger partial charge in [0.1, 0.15) is 4.21 Å². The normalized spacial score (nSPS) is 17.6. The maximum Gasteiger partial charge on any atom is 0.252 e. The lowest BCUT2D eigenvalue weighted by Gasteiger charge is -2.33. The van der Waals surface area contributed by atoms with E-state index >= 15 is 0 Å². The third-order valence-corrected chi connectivity index (χ3v) is 8.02. The van der Waals surface area contributed by atoms with E-state index in [-0.39, 0.29) is 18.5 Å². The molecule has 1 aromatic carbocycles. The number of benzene rings is 1. The van der Waals surface area contributed by atoms with Gasteiger partial charge in [-0.25, -0.2) is 8.42 Å². The topological polar surface area (TPSA) is 69.7 Å². The van der Waals surface area contributed by atoms with Crippen molar-refractivity contribution in [3.05, 3.63) is 52.4 Å². The number of piperazine rings is 1. The monoisotopic (exact) mass is 427 g/mol. The first-order valence-electron chi connectivity index (χ1n) is 8.67. The minimum absolute atomic E-state index is 0.0861. The van der Waals surface area contributed by atoms with Crippen LogP contribution >= 0.6 is 22.9 Å². The van der Waals surface area contributed by atoms with E-state index in [0.717, 1.165) is 5.56 Å². The van der Waals surface area contributed by atoms with E-state index in [9.17, 15) is 13.2 Å². The second-order valence-corrected chi connectivity index (χ2v) is 10.0. The van der Waals surface area contributed by atoms with E-state index in [2.05, 4.69) is 5.32 Å². The molecule has 1 amide bonds. The number of amides is 1. The predicted octanol–water partition coefficient (Wildman–Crippen LogP) is 2.59. The molecule has 6 nitrogen and oxygen atoms in total. The first-order valence-corrected chi connectivity index (χ1v) is 11.4. The molecule has 1 fully saturated rings. The van der Waals surface area contributed by atoms with Crippen LogP contribution in [0.1, 0.15) is 18.5 Å². The highest BCUT2D eigenvalue weighted by molar-refractivity contribution is 7.91. The summed E-state index contributed by atoms with van der Waals surface area (Å²) in [5, 5.41) is 5.36. The number of nitrogens with zero attached hydrogens (tertiary/aromatic N) is 2. The molecule has 1 aromatic heterocycles. The lowest BCUT2D eigenvalue weighted by Crippen LogP contribution is -2.51. The molecule has 0 radical (unpaired) electrons. The maximum absolute atomic E-state index is 12.5. The summed E-state index contributed by atoms with van der Waals surface area (Å²) in [7, 11) is -3.42. The Hall–Kier alpha value is -1.45. The Balaban J connectivity index is 1.49. The number of halogens is 1. The Morgan fingerprint density at radius 1 is 1.22 bits per heavy atom. The summed E-state index contributed by atoms with van der Waals surface area (Å²) >= 11 is 7.22. The molecular weight excluding hydrogens is 406 g/mol. The number of hydrogen-bond donors (Lipinski definition) is 1. The fourth-order valence-corrected chi connectivity index (χ4v) is 5.78. The molecule has 1 saturated heterocycles. The highest BCUT2D eigenvalue weighted by Gasteiger charge is 2.29. The molecule has 0 unspecified atom stereocenters. The molecule has 27 heavy (non-hydrogen) atoms. The Morgan fingerprint density at radius 3 is 2.59 bits per heavy atom. The van der Waals surface area contributed by atoms with Crippen LogP contribution in [0.3, 0.4) is 0 Å². The van der Waals surface area contributed by atoms with Gasteiger partial charge in [0.15, 0.2) is 0 Å². The molecule has 1 aliphatic rings. The molecule has 1 atom stereocenters. The van der Waals surface area contributed by atoms with Gasteiger partial charge in [0, 0.05) is 31.2 Å². The minimum atomic E-state index is -3.42. The van der Waals surface area contributed by atoms with Crippen molar-refractivity contribution >= 4 is 38.9 Å². The lowest BCUT2D eigenvalue weighted by molar-refractivity contribution is -0.123. The second kappa shape index (κ2) is 8.70. The van der Waals surface area contributed by atoms with Gasteiger partial charge in [0.2, 0.25) is 5.91 Å². The molecule has 3 rings (SSSR count). The first-order chi connectivity index (χ1) is 12.9. The third-order valence-electron chi connectivity index (χ3n) is 4.51. The average Bonchev–Trinajstić information content (AvgIpc) is 3.17. The van der Waals surface area contributed by atoms with Gasteiger partial charge < -0.3 is 5.32 Å². The van der Waals surface area contributed by atoms with E-state index in [1.54, 1.807) is 23.6 Å². The summed E-state index contributed by atoms with van der Waals surface area (Å²) < 4.78 is 26.9. The summed E-state index contributed by atoms with van der Waals surface area (Å²) in [5.74, 6) is -0.0861.